The van der Waals surface area contributed by atoms with Gasteiger partial charge in [0.15, 0.2) is 15.8 Å². The molecule has 0 bridgehead atoms. The van der Waals surface area contributed by atoms with Gasteiger partial charge in [0.1, 0.15) is 0 Å². The second-order valence-electron chi connectivity index (χ2n) is 4.08. The van der Waals surface area contributed by atoms with E-state index in [2.05, 4.69) is 9.97 Å². The Balaban J connectivity index is 2.36. The van der Waals surface area contributed by atoms with Crippen LogP contribution in [0.2, 0.25) is 0 Å². The quantitative estimate of drug-likeness (QED) is 0.693. The maximum atomic E-state index is 11.4. The van der Waals surface area contributed by atoms with Crippen LogP contribution in [0, 0.1) is 0 Å². The number of aromatic amines is 1. The summed E-state index contributed by atoms with van der Waals surface area (Å²) in [5.74, 6) is 0.773. The number of hydrogen-bond donors (Lipinski definition) is 2. The minimum absolute atomic E-state index is 0.182. The summed E-state index contributed by atoms with van der Waals surface area (Å²) >= 11 is 0. The number of imidazole rings is 1. The Morgan fingerprint density at radius 1 is 1.64 bits per heavy atom. The average molecular weight is 215 g/mol. The molecule has 6 heteroatoms. The summed E-state index contributed by atoms with van der Waals surface area (Å²) in [5.41, 5.74) is 5.93. The summed E-state index contributed by atoms with van der Waals surface area (Å²) in [6, 6.07) is 0. The number of anilines is 1. The molecule has 78 valence electrons. The van der Waals surface area contributed by atoms with Crippen molar-refractivity contribution in [3.63, 3.8) is 0 Å². The van der Waals surface area contributed by atoms with Crippen molar-refractivity contribution >= 4 is 15.8 Å². The molecule has 3 N–H and O–H groups in total. The van der Waals surface area contributed by atoms with E-state index in [4.69, 9.17) is 5.73 Å². The van der Waals surface area contributed by atoms with Crippen LogP contribution < -0.4 is 5.73 Å². The first-order chi connectivity index (χ1) is 6.41. The van der Waals surface area contributed by atoms with Crippen LogP contribution >= 0.6 is 0 Å². The van der Waals surface area contributed by atoms with Crippen LogP contribution in [-0.4, -0.2) is 29.9 Å². The van der Waals surface area contributed by atoms with Gasteiger partial charge in [-0.05, 0) is 6.42 Å². The van der Waals surface area contributed by atoms with E-state index < -0.39 is 9.84 Å². The summed E-state index contributed by atoms with van der Waals surface area (Å²) in [7, 11) is -2.88. The van der Waals surface area contributed by atoms with E-state index in [1.165, 1.54) is 0 Å². The summed E-state index contributed by atoms with van der Waals surface area (Å²) in [4.78, 5) is 6.78. The number of sulfone groups is 1. The minimum Gasteiger partial charge on any atom is -0.369 e. The normalized spacial score (nSPS) is 30.6. The lowest BCUT2D eigenvalue weighted by Gasteiger charge is -2.19. The molecule has 0 spiro atoms. The highest BCUT2D eigenvalue weighted by Crippen LogP contribution is 2.34. The van der Waals surface area contributed by atoms with Gasteiger partial charge >= 0.3 is 0 Å². The predicted molar refractivity (Wildman–Crippen MR) is 53.6 cm³/mol. The fourth-order valence-electron chi connectivity index (χ4n) is 1.87. The van der Waals surface area contributed by atoms with Crippen LogP contribution in [0.1, 0.15) is 19.0 Å². The zero-order chi connectivity index (χ0) is 10.4. The lowest BCUT2D eigenvalue weighted by molar-refractivity contribution is 0.523. The molecule has 1 aliphatic rings. The molecule has 0 radical (unpaired) electrons. The summed E-state index contributed by atoms with van der Waals surface area (Å²) < 4.78 is 22.7. The minimum atomic E-state index is -2.88. The summed E-state index contributed by atoms with van der Waals surface area (Å²) in [6.07, 6.45) is 2.26. The molecule has 1 fully saturated rings. The van der Waals surface area contributed by atoms with Gasteiger partial charge in [-0.15, -0.1) is 0 Å². The zero-order valence-electron chi connectivity index (χ0n) is 7.95. The Hall–Kier alpha value is -1.04. The lowest BCUT2D eigenvalue weighted by Crippen LogP contribution is -2.23. The molecule has 2 rings (SSSR count). The number of nitrogens with zero attached hydrogens (tertiary/aromatic N) is 1. The molecule has 1 aromatic rings. The van der Waals surface area contributed by atoms with Gasteiger partial charge in [0.2, 0.25) is 0 Å². The highest BCUT2D eigenvalue weighted by Gasteiger charge is 2.40. The Kier molecular flexibility index (Phi) is 1.85. The first-order valence-corrected chi connectivity index (χ1v) is 6.25. The number of nitrogens with one attached hydrogen (secondary N) is 1. The molecule has 1 aliphatic heterocycles. The first kappa shape index (κ1) is 9.51. The van der Waals surface area contributed by atoms with Crippen LogP contribution in [0.25, 0.3) is 0 Å². The summed E-state index contributed by atoms with van der Waals surface area (Å²) in [5, 5.41) is 0. The third-order valence-corrected chi connectivity index (χ3v) is 4.65. The lowest BCUT2D eigenvalue weighted by atomic mass is 9.87. The SMILES string of the molecule is CC1(c2cnc(N)[nH]2)CCS(=O)(=O)C1. The molecular weight excluding hydrogens is 202 g/mol. The predicted octanol–water partition coefficient (Wildman–Crippen LogP) is 0.0681. The monoisotopic (exact) mass is 215 g/mol. The van der Waals surface area contributed by atoms with E-state index in [0.717, 1.165) is 5.69 Å². The number of aromatic nitrogens is 2. The molecule has 2 heterocycles. The molecule has 0 amide bonds. The van der Waals surface area contributed by atoms with Crippen molar-refractivity contribution in [1.29, 1.82) is 0 Å². The Morgan fingerprint density at radius 2 is 2.36 bits per heavy atom. The van der Waals surface area contributed by atoms with Crippen molar-refractivity contribution < 1.29 is 8.42 Å². The largest absolute Gasteiger partial charge is 0.369 e. The molecule has 0 aliphatic carbocycles. The summed E-state index contributed by atoms with van der Waals surface area (Å²) in [6.45, 7) is 1.92. The Morgan fingerprint density at radius 3 is 2.79 bits per heavy atom. The van der Waals surface area contributed by atoms with Crippen LogP contribution in [0.5, 0.6) is 0 Å². The second kappa shape index (κ2) is 2.73. The van der Waals surface area contributed by atoms with Crippen LogP contribution in [0.15, 0.2) is 6.20 Å². The van der Waals surface area contributed by atoms with Crippen molar-refractivity contribution in [2.45, 2.75) is 18.8 Å². The van der Waals surface area contributed by atoms with Gasteiger partial charge in [-0.2, -0.15) is 0 Å². The van der Waals surface area contributed by atoms with Gasteiger partial charge < -0.3 is 10.7 Å². The van der Waals surface area contributed by atoms with E-state index in [0.29, 0.717) is 12.4 Å². The van der Waals surface area contributed by atoms with Gasteiger partial charge in [-0.25, -0.2) is 13.4 Å². The number of rotatable bonds is 1. The van der Waals surface area contributed by atoms with Gasteiger partial charge in [0.05, 0.1) is 17.7 Å². The maximum Gasteiger partial charge on any atom is 0.197 e. The fraction of sp³-hybridized carbons (Fsp3) is 0.625. The standard InChI is InChI=1S/C8H13N3O2S/c1-8(2-3-14(12,13)5-8)6-4-10-7(9)11-6/h4H,2-3,5H2,1H3,(H3,9,10,11). The van der Waals surface area contributed by atoms with Crippen molar-refractivity contribution in [2.75, 3.05) is 17.2 Å². The van der Waals surface area contributed by atoms with E-state index in [1.54, 1.807) is 6.20 Å². The average Bonchev–Trinajstić information content (AvgIpc) is 2.57. The smallest absolute Gasteiger partial charge is 0.197 e. The number of nitrogens with two attached hydrogens (primary N) is 1. The molecule has 0 aromatic carbocycles. The van der Waals surface area contributed by atoms with Crippen molar-refractivity contribution in [1.82, 2.24) is 9.97 Å². The van der Waals surface area contributed by atoms with E-state index in [9.17, 15) is 8.42 Å². The third kappa shape index (κ3) is 1.50. The van der Waals surface area contributed by atoms with Gasteiger partial charge in [-0.1, -0.05) is 6.92 Å². The Bertz CT molecular complexity index is 451. The first-order valence-electron chi connectivity index (χ1n) is 4.43. The maximum absolute atomic E-state index is 11.4. The van der Waals surface area contributed by atoms with Crippen LogP contribution in [-0.2, 0) is 15.3 Å². The zero-order valence-corrected chi connectivity index (χ0v) is 8.76. The molecule has 1 atom stereocenters. The molecule has 14 heavy (non-hydrogen) atoms. The second-order valence-corrected chi connectivity index (χ2v) is 6.27. The van der Waals surface area contributed by atoms with Crippen molar-refractivity contribution in [3.05, 3.63) is 11.9 Å². The molecule has 0 saturated carbocycles. The molecule has 1 saturated heterocycles. The van der Waals surface area contributed by atoms with E-state index in [-0.39, 0.29) is 16.9 Å². The van der Waals surface area contributed by atoms with E-state index >= 15 is 0 Å². The molecular formula is C8H13N3O2S. The number of H-pyrrole nitrogens is 1. The van der Waals surface area contributed by atoms with Gasteiger partial charge in [0, 0.05) is 11.1 Å². The molecule has 5 nitrogen and oxygen atoms in total. The van der Waals surface area contributed by atoms with Crippen LogP contribution in [0.3, 0.4) is 0 Å². The third-order valence-electron chi connectivity index (χ3n) is 2.75. The van der Waals surface area contributed by atoms with Gasteiger partial charge in [0.25, 0.3) is 0 Å². The number of nitrogen functional groups attached to an aromatic ring is 1. The fourth-order valence-corrected chi connectivity index (χ4v) is 4.04. The van der Waals surface area contributed by atoms with E-state index in [1.807, 2.05) is 6.92 Å². The van der Waals surface area contributed by atoms with Crippen molar-refractivity contribution in [2.24, 2.45) is 0 Å². The molecule has 1 aromatic heterocycles. The molecule has 1 unspecified atom stereocenters. The van der Waals surface area contributed by atoms with Crippen molar-refractivity contribution in [3.8, 4) is 0 Å². The topological polar surface area (TPSA) is 88.8 Å². The van der Waals surface area contributed by atoms with Crippen LogP contribution in [0.4, 0.5) is 5.95 Å². The highest BCUT2D eigenvalue weighted by molar-refractivity contribution is 7.91. The van der Waals surface area contributed by atoms with Gasteiger partial charge in [-0.3, -0.25) is 0 Å². The number of hydrogen-bond acceptors (Lipinski definition) is 4. The highest BCUT2D eigenvalue weighted by atomic mass is 32.2. The Labute approximate surface area is 82.6 Å².